The second-order valence-corrected chi connectivity index (χ2v) is 7.71. The van der Waals surface area contributed by atoms with Gasteiger partial charge in [0, 0.05) is 48.3 Å². The molecule has 1 atom stereocenters. The van der Waals surface area contributed by atoms with Crippen molar-refractivity contribution in [3.05, 3.63) is 82.7 Å². The van der Waals surface area contributed by atoms with E-state index in [1.54, 1.807) is 36.7 Å². The minimum Gasteiger partial charge on any atom is -0.322 e. The average molecular weight is 408 g/mol. The van der Waals surface area contributed by atoms with Crippen LogP contribution in [0.3, 0.4) is 0 Å². The van der Waals surface area contributed by atoms with Crippen LogP contribution in [0, 0.1) is 6.92 Å². The van der Waals surface area contributed by atoms with Gasteiger partial charge in [0.15, 0.2) is 0 Å². The van der Waals surface area contributed by atoms with Crippen LogP contribution >= 0.6 is 11.6 Å². The lowest BCUT2D eigenvalue weighted by Gasteiger charge is -2.16. The largest absolute Gasteiger partial charge is 0.322 e. The molecule has 0 spiro atoms. The Morgan fingerprint density at radius 3 is 2.79 bits per heavy atom. The summed E-state index contributed by atoms with van der Waals surface area (Å²) in [4.78, 5) is 28.3. The van der Waals surface area contributed by atoms with Gasteiger partial charge in [-0.05, 0) is 55.8 Å². The van der Waals surface area contributed by atoms with Crippen molar-refractivity contribution in [3.8, 4) is 0 Å². The van der Waals surface area contributed by atoms with Crippen LogP contribution in [-0.4, -0.2) is 38.8 Å². The van der Waals surface area contributed by atoms with Crippen LogP contribution in [0.5, 0.6) is 0 Å². The predicted molar refractivity (Wildman–Crippen MR) is 113 cm³/mol. The molecule has 2 aromatic heterocycles. The van der Waals surface area contributed by atoms with Crippen LogP contribution in [0.4, 0.5) is 5.69 Å². The number of carbonyl (C=O) groups excluding carboxylic acids is 1. The molecule has 3 heterocycles. The van der Waals surface area contributed by atoms with Gasteiger partial charge in [-0.3, -0.25) is 14.7 Å². The molecule has 1 aliphatic heterocycles. The van der Waals surface area contributed by atoms with E-state index in [-0.39, 0.29) is 11.8 Å². The van der Waals surface area contributed by atoms with Gasteiger partial charge in [0.1, 0.15) is 5.82 Å². The van der Waals surface area contributed by atoms with Crippen molar-refractivity contribution in [1.29, 1.82) is 0 Å². The van der Waals surface area contributed by atoms with Crippen LogP contribution in [-0.2, 0) is 6.54 Å². The molecule has 1 N–H and O–H groups in total. The predicted octanol–water partition coefficient (Wildman–Crippen LogP) is 4.08. The number of pyridine rings is 1. The Bertz CT molecular complexity index is 994. The molecule has 0 radical (unpaired) electrons. The van der Waals surface area contributed by atoms with E-state index in [0.717, 1.165) is 31.9 Å². The summed E-state index contributed by atoms with van der Waals surface area (Å²) in [5.74, 6) is 0.860. The first-order valence-electron chi connectivity index (χ1n) is 9.60. The van der Waals surface area contributed by atoms with E-state index in [9.17, 15) is 4.79 Å². The van der Waals surface area contributed by atoms with Crippen molar-refractivity contribution in [3.63, 3.8) is 0 Å². The summed E-state index contributed by atoms with van der Waals surface area (Å²) in [6, 6.07) is 11.1. The number of hydrogen-bond donors (Lipinski definition) is 1. The van der Waals surface area contributed by atoms with Crippen LogP contribution in [0.2, 0.25) is 5.02 Å². The zero-order valence-corrected chi connectivity index (χ0v) is 16.9. The molecule has 1 aromatic carbocycles. The number of halogens is 1. The SMILES string of the molecule is Cc1nc([C@H]2CCN(Cc3cccnc3)C2)ncc1C(=O)Nc1ccc(Cl)cc1. The van der Waals surface area contributed by atoms with Gasteiger partial charge < -0.3 is 5.32 Å². The van der Waals surface area contributed by atoms with Crippen molar-refractivity contribution in [2.75, 3.05) is 18.4 Å². The lowest BCUT2D eigenvalue weighted by Crippen LogP contribution is -2.21. The number of benzene rings is 1. The van der Waals surface area contributed by atoms with Gasteiger partial charge in [-0.15, -0.1) is 0 Å². The topological polar surface area (TPSA) is 71.0 Å². The number of anilines is 1. The maximum Gasteiger partial charge on any atom is 0.259 e. The zero-order chi connectivity index (χ0) is 20.2. The van der Waals surface area contributed by atoms with Gasteiger partial charge in [0.2, 0.25) is 0 Å². The molecule has 7 heteroatoms. The number of aromatic nitrogens is 3. The van der Waals surface area contributed by atoms with Crippen molar-refractivity contribution < 1.29 is 4.79 Å². The maximum absolute atomic E-state index is 12.6. The smallest absolute Gasteiger partial charge is 0.259 e. The molecule has 6 nitrogen and oxygen atoms in total. The molecular formula is C22H22ClN5O. The Hall–Kier alpha value is -2.83. The van der Waals surface area contributed by atoms with E-state index in [4.69, 9.17) is 11.6 Å². The molecule has 148 valence electrons. The monoisotopic (exact) mass is 407 g/mol. The average Bonchev–Trinajstić information content (AvgIpc) is 3.19. The number of nitrogens with one attached hydrogen (secondary N) is 1. The number of amides is 1. The molecule has 0 unspecified atom stereocenters. The first-order valence-corrected chi connectivity index (χ1v) is 9.98. The highest BCUT2D eigenvalue weighted by molar-refractivity contribution is 6.30. The summed E-state index contributed by atoms with van der Waals surface area (Å²) in [7, 11) is 0. The molecule has 3 aromatic rings. The van der Waals surface area contributed by atoms with Gasteiger partial charge in [0.25, 0.3) is 5.91 Å². The number of rotatable bonds is 5. The summed E-state index contributed by atoms with van der Waals surface area (Å²) in [6.07, 6.45) is 6.34. The quantitative estimate of drug-likeness (QED) is 0.690. The van der Waals surface area contributed by atoms with Crippen molar-refractivity contribution in [2.45, 2.75) is 25.8 Å². The summed E-state index contributed by atoms with van der Waals surface area (Å²) in [5.41, 5.74) is 3.06. The van der Waals surface area contributed by atoms with Gasteiger partial charge in [-0.25, -0.2) is 9.97 Å². The Balaban J connectivity index is 1.40. The first kappa shape index (κ1) is 19.5. The normalized spacial score (nSPS) is 16.7. The molecule has 1 fully saturated rings. The second-order valence-electron chi connectivity index (χ2n) is 7.27. The van der Waals surface area contributed by atoms with Gasteiger partial charge >= 0.3 is 0 Å². The Labute approximate surface area is 175 Å². The Morgan fingerprint density at radius 2 is 2.07 bits per heavy atom. The molecular weight excluding hydrogens is 386 g/mol. The third-order valence-corrected chi connectivity index (χ3v) is 5.36. The van der Waals surface area contributed by atoms with Crippen molar-refractivity contribution in [2.24, 2.45) is 0 Å². The summed E-state index contributed by atoms with van der Waals surface area (Å²) in [5, 5.41) is 3.48. The number of hydrogen-bond acceptors (Lipinski definition) is 5. The fourth-order valence-corrected chi connectivity index (χ4v) is 3.70. The Kier molecular flexibility index (Phi) is 5.83. The lowest BCUT2D eigenvalue weighted by molar-refractivity contribution is 0.102. The van der Waals surface area contributed by atoms with Crippen molar-refractivity contribution >= 4 is 23.2 Å². The molecule has 1 saturated heterocycles. The summed E-state index contributed by atoms with van der Waals surface area (Å²) >= 11 is 5.89. The molecule has 0 bridgehead atoms. The minimum absolute atomic E-state index is 0.221. The van der Waals surface area contributed by atoms with E-state index in [1.165, 1.54) is 5.56 Å². The van der Waals surface area contributed by atoms with Crippen LogP contribution in [0.15, 0.2) is 55.0 Å². The highest BCUT2D eigenvalue weighted by Crippen LogP contribution is 2.26. The van der Waals surface area contributed by atoms with Crippen LogP contribution < -0.4 is 5.32 Å². The molecule has 1 aliphatic rings. The summed E-state index contributed by atoms with van der Waals surface area (Å²) in [6.45, 7) is 4.64. The van der Waals surface area contributed by atoms with Crippen LogP contribution in [0.1, 0.15) is 39.8 Å². The third-order valence-electron chi connectivity index (χ3n) is 5.11. The lowest BCUT2D eigenvalue weighted by atomic mass is 10.1. The van der Waals surface area contributed by atoms with E-state index >= 15 is 0 Å². The second kappa shape index (κ2) is 8.68. The molecule has 29 heavy (non-hydrogen) atoms. The van der Waals surface area contributed by atoms with Gasteiger partial charge in [0.05, 0.1) is 11.3 Å². The number of likely N-dealkylation sites (tertiary alicyclic amines) is 1. The highest BCUT2D eigenvalue weighted by atomic mass is 35.5. The minimum atomic E-state index is -0.221. The number of nitrogens with zero attached hydrogens (tertiary/aromatic N) is 4. The fraction of sp³-hybridized carbons (Fsp3) is 0.273. The number of carbonyl (C=O) groups is 1. The van der Waals surface area contributed by atoms with Gasteiger partial charge in [-0.1, -0.05) is 17.7 Å². The fourth-order valence-electron chi connectivity index (χ4n) is 3.57. The molecule has 4 rings (SSSR count). The molecule has 0 aliphatic carbocycles. The third kappa shape index (κ3) is 4.78. The molecule has 1 amide bonds. The van der Waals surface area contributed by atoms with Gasteiger partial charge in [-0.2, -0.15) is 0 Å². The van der Waals surface area contributed by atoms with E-state index < -0.39 is 0 Å². The zero-order valence-electron chi connectivity index (χ0n) is 16.2. The maximum atomic E-state index is 12.6. The highest BCUT2D eigenvalue weighted by Gasteiger charge is 2.26. The van der Waals surface area contributed by atoms with E-state index in [0.29, 0.717) is 22.0 Å². The molecule has 0 saturated carbocycles. The Morgan fingerprint density at radius 1 is 1.24 bits per heavy atom. The standard InChI is InChI=1S/C22H22ClN5O/c1-15-20(22(29)27-19-6-4-18(23)5-7-19)12-25-21(26-15)17-8-10-28(14-17)13-16-3-2-9-24-11-16/h2-7,9,11-12,17H,8,10,13-14H2,1H3,(H,27,29)/t17-/m0/s1. The van der Waals surface area contributed by atoms with Crippen LogP contribution in [0.25, 0.3) is 0 Å². The van der Waals surface area contributed by atoms with E-state index in [2.05, 4.69) is 31.2 Å². The first-order chi connectivity index (χ1) is 14.1. The van der Waals surface area contributed by atoms with E-state index in [1.807, 2.05) is 19.2 Å². The van der Waals surface area contributed by atoms with Crippen molar-refractivity contribution in [1.82, 2.24) is 19.9 Å². The number of aryl methyl sites for hydroxylation is 1. The summed E-state index contributed by atoms with van der Waals surface area (Å²) < 4.78 is 0.